The number of benzene rings is 3. The molecule has 2 atom stereocenters. The van der Waals surface area contributed by atoms with Gasteiger partial charge in [-0.25, -0.2) is 9.78 Å². The van der Waals surface area contributed by atoms with Crippen molar-refractivity contribution in [3.8, 4) is 5.75 Å². The quantitative estimate of drug-likeness (QED) is 0.204. The fourth-order valence-corrected chi connectivity index (χ4v) is 4.43. The second kappa shape index (κ2) is 13.5. The Kier molecular flexibility index (Phi) is 9.82. The van der Waals surface area contributed by atoms with E-state index in [1.165, 1.54) is 4.90 Å². The highest BCUT2D eigenvalue weighted by atomic mass is 16.6. The second-order valence-electron chi connectivity index (χ2n) is 11.2. The number of ether oxygens (including phenoxy) is 2. The molecule has 0 saturated carbocycles. The minimum atomic E-state index is -1.02. The molecule has 0 fully saturated rings. The molecule has 1 aromatic heterocycles. The predicted octanol–water partition coefficient (Wildman–Crippen LogP) is 4.70. The molecule has 3 aromatic carbocycles. The number of para-hydroxylation sites is 1. The molecule has 10 nitrogen and oxygen atoms in total. The molecule has 0 saturated heterocycles. The number of imidazole rings is 1. The van der Waals surface area contributed by atoms with E-state index in [1.807, 2.05) is 37.3 Å². The van der Waals surface area contributed by atoms with Crippen molar-refractivity contribution in [1.82, 2.24) is 14.9 Å². The van der Waals surface area contributed by atoms with Crippen LogP contribution in [0.25, 0.3) is 11.0 Å². The highest BCUT2D eigenvalue weighted by Gasteiger charge is 2.30. The maximum Gasteiger partial charge on any atom is 0.410 e. The van der Waals surface area contributed by atoms with Gasteiger partial charge in [0, 0.05) is 11.3 Å². The van der Waals surface area contributed by atoms with Crippen molar-refractivity contribution >= 4 is 28.7 Å². The van der Waals surface area contributed by atoms with Crippen LogP contribution in [0.1, 0.15) is 42.5 Å². The molecular formula is C32H38N4O6. The summed E-state index contributed by atoms with van der Waals surface area (Å²) in [6.07, 6.45) is -1.37. The largest absolute Gasteiger partial charge is 0.491 e. The molecule has 222 valence electrons. The van der Waals surface area contributed by atoms with E-state index in [0.717, 1.165) is 22.4 Å². The topological polar surface area (TPSA) is 137 Å². The van der Waals surface area contributed by atoms with Crippen molar-refractivity contribution in [3.05, 3.63) is 89.7 Å². The number of carbonyl (C=O) groups is 2. The molecule has 0 radical (unpaired) electrons. The summed E-state index contributed by atoms with van der Waals surface area (Å²) in [4.78, 5) is 34.8. The monoisotopic (exact) mass is 574 g/mol. The summed E-state index contributed by atoms with van der Waals surface area (Å²) in [6, 6.07) is 20.9. The van der Waals surface area contributed by atoms with Gasteiger partial charge in [0.1, 0.15) is 29.9 Å². The van der Waals surface area contributed by atoms with Gasteiger partial charge in [-0.15, -0.1) is 0 Å². The molecule has 0 aliphatic heterocycles. The molecule has 0 unspecified atom stereocenters. The molecule has 4 rings (SSSR count). The van der Waals surface area contributed by atoms with Crippen molar-refractivity contribution in [2.24, 2.45) is 0 Å². The Morgan fingerprint density at radius 3 is 2.43 bits per heavy atom. The van der Waals surface area contributed by atoms with Crippen LogP contribution in [0.15, 0.2) is 72.8 Å². The third-order valence-corrected chi connectivity index (χ3v) is 6.42. The summed E-state index contributed by atoms with van der Waals surface area (Å²) in [5.74, 6) is 1.12. The molecule has 2 amide bonds. The van der Waals surface area contributed by atoms with E-state index in [9.17, 15) is 19.8 Å². The molecule has 10 heteroatoms. The molecule has 1 heterocycles. The molecule has 4 aromatic rings. The maximum absolute atomic E-state index is 13.1. The lowest BCUT2D eigenvalue weighted by Gasteiger charge is -2.34. The molecular weight excluding hydrogens is 536 g/mol. The number of aryl methyl sites for hydroxylation is 1. The number of hydrogen-bond acceptors (Lipinski definition) is 7. The smallest absolute Gasteiger partial charge is 0.410 e. The van der Waals surface area contributed by atoms with Gasteiger partial charge < -0.3 is 30.0 Å². The Hall–Kier alpha value is -4.41. The third-order valence-electron chi connectivity index (χ3n) is 6.42. The molecule has 4 N–H and O–H groups in total. The zero-order valence-corrected chi connectivity index (χ0v) is 24.3. The highest BCUT2D eigenvalue weighted by Crippen LogP contribution is 2.19. The molecule has 42 heavy (non-hydrogen) atoms. The van der Waals surface area contributed by atoms with Gasteiger partial charge >= 0.3 is 6.09 Å². The van der Waals surface area contributed by atoms with E-state index < -0.39 is 23.8 Å². The summed E-state index contributed by atoms with van der Waals surface area (Å²) in [7, 11) is 0. The van der Waals surface area contributed by atoms with Crippen LogP contribution in [-0.4, -0.2) is 74.6 Å². The lowest BCUT2D eigenvalue weighted by Crippen LogP contribution is -2.50. The Bertz CT molecular complexity index is 1480. The number of aliphatic hydroxyl groups is 2. The molecule has 0 bridgehead atoms. The maximum atomic E-state index is 13.1. The fourth-order valence-electron chi connectivity index (χ4n) is 4.43. The first-order valence-electron chi connectivity index (χ1n) is 13.8. The number of H-pyrrole nitrogens is 1. The van der Waals surface area contributed by atoms with Crippen LogP contribution < -0.4 is 10.1 Å². The van der Waals surface area contributed by atoms with E-state index in [1.54, 1.807) is 63.2 Å². The zero-order valence-electron chi connectivity index (χ0n) is 24.3. The second-order valence-corrected chi connectivity index (χ2v) is 11.2. The van der Waals surface area contributed by atoms with Crippen LogP contribution >= 0.6 is 0 Å². The predicted molar refractivity (Wildman–Crippen MR) is 161 cm³/mol. The van der Waals surface area contributed by atoms with Gasteiger partial charge in [-0.3, -0.25) is 9.69 Å². The lowest BCUT2D eigenvalue weighted by molar-refractivity contribution is -0.00891. The average Bonchev–Trinajstić information content (AvgIpc) is 3.33. The van der Waals surface area contributed by atoms with Crippen LogP contribution in [0.3, 0.4) is 0 Å². The third kappa shape index (κ3) is 8.55. The number of anilines is 1. The summed E-state index contributed by atoms with van der Waals surface area (Å²) in [5.41, 5.74) is 2.74. The van der Waals surface area contributed by atoms with Crippen LogP contribution in [-0.2, 0) is 11.2 Å². The van der Waals surface area contributed by atoms with Crippen LogP contribution in [0.5, 0.6) is 5.75 Å². The summed E-state index contributed by atoms with van der Waals surface area (Å²) >= 11 is 0. The van der Waals surface area contributed by atoms with Gasteiger partial charge in [0.05, 0.1) is 30.2 Å². The van der Waals surface area contributed by atoms with Gasteiger partial charge in [-0.2, -0.15) is 0 Å². The van der Waals surface area contributed by atoms with E-state index in [4.69, 9.17) is 9.47 Å². The normalized spacial score (nSPS) is 12.9. The first-order chi connectivity index (χ1) is 20.0. The number of aromatic amines is 1. The number of amides is 2. The first-order valence-corrected chi connectivity index (χ1v) is 13.8. The average molecular weight is 575 g/mol. The van der Waals surface area contributed by atoms with Gasteiger partial charge in [-0.1, -0.05) is 30.3 Å². The Labute approximate surface area is 245 Å². The SMILES string of the molecule is Cc1nc2ccc(C(=O)Nc3ccc(C[C@@H](CO)N(C[C@H](O)COc4ccccc4)C(=O)OC(C)(C)C)cc3)cc2[nH]1. The summed E-state index contributed by atoms with van der Waals surface area (Å²) < 4.78 is 11.2. The zero-order chi connectivity index (χ0) is 30.3. The van der Waals surface area contributed by atoms with E-state index in [0.29, 0.717) is 23.4 Å². The van der Waals surface area contributed by atoms with E-state index in [-0.39, 0.29) is 25.7 Å². The molecule has 0 aliphatic carbocycles. The number of nitrogens with one attached hydrogen (secondary N) is 2. The van der Waals surface area contributed by atoms with Gasteiger partial charge in [0.2, 0.25) is 0 Å². The van der Waals surface area contributed by atoms with Gasteiger partial charge in [0.25, 0.3) is 5.91 Å². The summed E-state index contributed by atoms with van der Waals surface area (Å²) in [5, 5.41) is 23.9. The number of rotatable bonds is 11. The van der Waals surface area contributed by atoms with Crippen molar-refractivity contribution < 1.29 is 29.3 Å². The van der Waals surface area contributed by atoms with Crippen molar-refractivity contribution in [2.45, 2.75) is 51.9 Å². The standard InChI is InChI=1S/C32H38N4O6/c1-21-33-28-15-12-23(17-29(28)34-21)30(39)35-24-13-10-22(11-14-24)16-25(19-37)36(31(40)42-32(2,3)4)18-26(38)20-41-27-8-6-5-7-9-27/h5-15,17,25-26,37-38H,16,18-20H2,1-4H3,(H,33,34)(H,35,39)/t25-,26-/m0/s1. The lowest BCUT2D eigenvalue weighted by atomic mass is 10.0. The Morgan fingerprint density at radius 1 is 1.05 bits per heavy atom. The number of hydrogen-bond donors (Lipinski definition) is 4. The molecule has 0 spiro atoms. The Morgan fingerprint density at radius 2 is 1.76 bits per heavy atom. The van der Waals surface area contributed by atoms with Gasteiger partial charge in [-0.05, 0) is 82.1 Å². The summed E-state index contributed by atoms with van der Waals surface area (Å²) in [6.45, 7) is 6.65. The van der Waals surface area contributed by atoms with Crippen LogP contribution in [0.2, 0.25) is 0 Å². The van der Waals surface area contributed by atoms with Crippen LogP contribution in [0, 0.1) is 6.92 Å². The number of carbonyl (C=O) groups excluding carboxylic acids is 2. The number of aliphatic hydroxyl groups excluding tert-OH is 2. The Balaban J connectivity index is 1.41. The highest BCUT2D eigenvalue weighted by molar-refractivity contribution is 6.05. The van der Waals surface area contributed by atoms with Crippen molar-refractivity contribution in [3.63, 3.8) is 0 Å². The fraction of sp³-hybridized carbons (Fsp3) is 0.344. The van der Waals surface area contributed by atoms with Crippen molar-refractivity contribution in [2.75, 3.05) is 25.1 Å². The van der Waals surface area contributed by atoms with Gasteiger partial charge in [0.15, 0.2) is 0 Å². The molecule has 0 aliphatic rings. The number of nitrogens with zero attached hydrogens (tertiary/aromatic N) is 2. The van der Waals surface area contributed by atoms with E-state index in [2.05, 4.69) is 15.3 Å². The number of fused-ring (bicyclic) bond motifs is 1. The van der Waals surface area contributed by atoms with Crippen LogP contribution in [0.4, 0.5) is 10.5 Å². The minimum absolute atomic E-state index is 0.0389. The minimum Gasteiger partial charge on any atom is -0.491 e. The van der Waals surface area contributed by atoms with E-state index >= 15 is 0 Å². The first kappa shape index (κ1) is 30.5. The van der Waals surface area contributed by atoms with Crippen molar-refractivity contribution in [1.29, 1.82) is 0 Å². The number of aromatic nitrogens is 2.